The molecule has 84 valence electrons. The van der Waals surface area contributed by atoms with Gasteiger partial charge in [0.05, 0.1) is 6.26 Å². The van der Waals surface area contributed by atoms with Crippen LogP contribution in [0.1, 0.15) is 12.5 Å². The minimum Gasteiger partial charge on any atom is -0.432 e. The van der Waals surface area contributed by atoms with Gasteiger partial charge in [-0.15, -0.1) is 0 Å². The Morgan fingerprint density at radius 1 is 1.25 bits per heavy atom. The third kappa shape index (κ3) is 6.38. The second-order valence-electron chi connectivity index (χ2n) is 2.97. The molecule has 0 aliphatic carbocycles. The van der Waals surface area contributed by atoms with Crippen molar-refractivity contribution in [2.45, 2.75) is 6.92 Å². The molecule has 2 nitrogen and oxygen atoms in total. The number of hydrogen-bond acceptors (Lipinski definition) is 2. The van der Waals surface area contributed by atoms with Crippen LogP contribution in [0, 0.1) is 0 Å². The van der Waals surface area contributed by atoms with Crippen LogP contribution in [0.2, 0.25) is 0 Å². The molecule has 0 unspecified atom stereocenters. The summed E-state index contributed by atoms with van der Waals surface area (Å²) in [6, 6.07) is 10.0. The van der Waals surface area contributed by atoms with E-state index in [0.29, 0.717) is 5.57 Å². The molecule has 1 rings (SSSR count). The predicted molar refractivity (Wildman–Crippen MR) is 67.6 cm³/mol. The van der Waals surface area contributed by atoms with E-state index in [0.717, 1.165) is 6.26 Å². The average molecular weight is 216 g/mol. The largest absolute Gasteiger partial charge is 0.432 e. The fourth-order valence-electron chi connectivity index (χ4n) is 0.765. The SMILES string of the molecule is C=COC(=O)C(=C)C.C=Cc1ccccc1. The van der Waals surface area contributed by atoms with Crippen molar-refractivity contribution < 1.29 is 9.53 Å². The monoisotopic (exact) mass is 216 g/mol. The Morgan fingerprint density at radius 2 is 1.81 bits per heavy atom. The predicted octanol–water partition coefficient (Wildman–Crippen LogP) is 3.58. The average Bonchev–Trinajstić information content (AvgIpc) is 2.31. The van der Waals surface area contributed by atoms with E-state index in [-0.39, 0.29) is 0 Å². The van der Waals surface area contributed by atoms with Gasteiger partial charge in [0.25, 0.3) is 0 Å². The lowest BCUT2D eigenvalue weighted by molar-refractivity contribution is -0.133. The highest BCUT2D eigenvalue weighted by Crippen LogP contribution is 1.97. The lowest BCUT2D eigenvalue weighted by Gasteiger charge is -1.92. The van der Waals surface area contributed by atoms with E-state index in [4.69, 9.17) is 0 Å². The van der Waals surface area contributed by atoms with E-state index in [9.17, 15) is 4.79 Å². The summed E-state index contributed by atoms with van der Waals surface area (Å²) in [5.74, 6) is -0.431. The lowest BCUT2D eigenvalue weighted by atomic mass is 10.2. The smallest absolute Gasteiger partial charge is 0.337 e. The first-order valence-corrected chi connectivity index (χ1v) is 4.76. The molecule has 0 saturated heterocycles. The van der Waals surface area contributed by atoms with Gasteiger partial charge in [0.2, 0.25) is 0 Å². The lowest BCUT2D eigenvalue weighted by Crippen LogP contribution is -1.98. The van der Waals surface area contributed by atoms with Crippen LogP contribution in [0.15, 0.2) is 61.9 Å². The van der Waals surface area contributed by atoms with Gasteiger partial charge in [0.1, 0.15) is 0 Å². The van der Waals surface area contributed by atoms with Gasteiger partial charge in [-0.25, -0.2) is 4.79 Å². The Balaban J connectivity index is 0.000000281. The van der Waals surface area contributed by atoms with Gasteiger partial charge in [0.15, 0.2) is 0 Å². The normalized spacial score (nSPS) is 8.06. The summed E-state index contributed by atoms with van der Waals surface area (Å²) in [6.45, 7) is 11.8. The van der Waals surface area contributed by atoms with Gasteiger partial charge in [-0.05, 0) is 12.5 Å². The second-order valence-corrected chi connectivity index (χ2v) is 2.97. The van der Waals surface area contributed by atoms with Crippen LogP contribution in [0.4, 0.5) is 0 Å². The molecule has 0 amide bonds. The molecule has 0 aliphatic rings. The van der Waals surface area contributed by atoms with Crippen molar-refractivity contribution in [3.8, 4) is 0 Å². The van der Waals surface area contributed by atoms with Crippen molar-refractivity contribution in [2.75, 3.05) is 0 Å². The van der Waals surface area contributed by atoms with Gasteiger partial charge in [0, 0.05) is 5.57 Å². The maximum Gasteiger partial charge on any atom is 0.337 e. The van der Waals surface area contributed by atoms with Crippen LogP contribution in [0.5, 0.6) is 0 Å². The fourth-order valence-corrected chi connectivity index (χ4v) is 0.765. The molecule has 0 bridgehead atoms. The van der Waals surface area contributed by atoms with Crippen molar-refractivity contribution in [3.05, 3.63) is 67.5 Å². The Labute approximate surface area is 96.6 Å². The summed E-state index contributed by atoms with van der Waals surface area (Å²) in [4.78, 5) is 10.3. The molecule has 0 atom stereocenters. The number of ether oxygens (including phenoxy) is 1. The number of benzene rings is 1. The summed E-state index contributed by atoms with van der Waals surface area (Å²) in [5.41, 5.74) is 1.55. The molecule has 0 aromatic heterocycles. The van der Waals surface area contributed by atoms with Gasteiger partial charge >= 0.3 is 5.97 Å². The Kier molecular flexibility index (Phi) is 7.16. The van der Waals surface area contributed by atoms with Crippen LogP contribution >= 0.6 is 0 Å². The zero-order valence-electron chi connectivity index (χ0n) is 9.48. The number of carbonyl (C=O) groups is 1. The first kappa shape index (κ1) is 13.9. The Bertz CT molecular complexity index is 364. The topological polar surface area (TPSA) is 26.3 Å². The van der Waals surface area contributed by atoms with Crippen LogP contribution in [0.25, 0.3) is 6.08 Å². The standard InChI is InChI=1S/C8H8.C6H8O2/c1-2-8-6-4-3-5-7-8;1-4-8-6(7)5(2)3/h2-7H,1H2;4H,1-2H2,3H3. The maximum absolute atomic E-state index is 10.3. The number of hydrogen-bond donors (Lipinski definition) is 0. The molecular formula is C14H16O2. The van der Waals surface area contributed by atoms with E-state index in [1.807, 2.05) is 36.4 Å². The van der Waals surface area contributed by atoms with Crippen LogP contribution in [0.3, 0.4) is 0 Å². The van der Waals surface area contributed by atoms with Gasteiger partial charge in [-0.2, -0.15) is 0 Å². The number of rotatable bonds is 3. The van der Waals surface area contributed by atoms with E-state index >= 15 is 0 Å². The highest BCUT2D eigenvalue weighted by Gasteiger charge is 1.97. The molecule has 0 spiro atoms. The second kappa shape index (κ2) is 8.24. The Morgan fingerprint density at radius 3 is 2.06 bits per heavy atom. The highest BCUT2D eigenvalue weighted by atomic mass is 16.5. The van der Waals surface area contributed by atoms with Crippen LogP contribution in [-0.4, -0.2) is 5.97 Å². The zero-order valence-corrected chi connectivity index (χ0v) is 9.48. The van der Waals surface area contributed by atoms with E-state index < -0.39 is 5.97 Å². The molecule has 0 saturated carbocycles. The summed E-state index contributed by atoms with van der Waals surface area (Å²) in [7, 11) is 0. The van der Waals surface area contributed by atoms with E-state index in [2.05, 4.69) is 24.5 Å². The quantitative estimate of drug-likeness (QED) is 0.438. The van der Waals surface area contributed by atoms with Gasteiger partial charge < -0.3 is 4.74 Å². The summed E-state index contributed by atoms with van der Waals surface area (Å²) < 4.78 is 4.33. The molecule has 2 heteroatoms. The van der Waals surface area contributed by atoms with Crippen molar-refractivity contribution in [1.29, 1.82) is 0 Å². The Hall–Kier alpha value is -2.09. The fraction of sp³-hybridized carbons (Fsp3) is 0.0714. The molecule has 0 fully saturated rings. The first-order chi connectivity index (χ1) is 7.61. The number of carbonyl (C=O) groups excluding carboxylic acids is 1. The molecule has 0 N–H and O–H groups in total. The molecule has 1 aromatic rings. The van der Waals surface area contributed by atoms with Crippen LogP contribution < -0.4 is 0 Å². The first-order valence-electron chi connectivity index (χ1n) is 4.76. The third-order valence-electron chi connectivity index (χ3n) is 1.57. The molecule has 1 aromatic carbocycles. The summed E-state index contributed by atoms with van der Waals surface area (Å²) in [5, 5.41) is 0. The van der Waals surface area contributed by atoms with Crippen molar-refractivity contribution >= 4 is 12.0 Å². The molecule has 0 aliphatic heterocycles. The summed E-state index contributed by atoms with van der Waals surface area (Å²) in [6.07, 6.45) is 2.91. The summed E-state index contributed by atoms with van der Waals surface area (Å²) >= 11 is 0. The third-order valence-corrected chi connectivity index (χ3v) is 1.57. The molecular weight excluding hydrogens is 200 g/mol. The minimum absolute atomic E-state index is 0.380. The number of esters is 1. The molecule has 0 radical (unpaired) electrons. The van der Waals surface area contributed by atoms with Crippen molar-refractivity contribution in [2.24, 2.45) is 0 Å². The maximum atomic E-state index is 10.3. The zero-order chi connectivity index (χ0) is 12.4. The van der Waals surface area contributed by atoms with Gasteiger partial charge in [-0.1, -0.05) is 56.1 Å². The van der Waals surface area contributed by atoms with Crippen molar-refractivity contribution in [3.63, 3.8) is 0 Å². The van der Waals surface area contributed by atoms with Crippen LogP contribution in [-0.2, 0) is 9.53 Å². The molecule has 0 heterocycles. The molecule has 16 heavy (non-hydrogen) atoms. The minimum atomic E-state index is -0.431. The van der Waals surface area contributed by atoms with Crippen molar-refractivity contribution in [1.82, 2.24) is 0 Å². The van der Waals surface area contributed by atoms with E-state index in [1.54, 1.807) is 6.92 Å². The highest BCUT2D eigenvalue weighted by molar-refractivity contribution is 5.87. The van der Waals surface area contributed by atoms with Gasteiger partial charge in [-0.3, -0.25) is 0 Å². The van der Waals surface area contributed by atoms with E-state index in [1.165, 1.54) is 5.56 Å².